The molecule has 2 aliphatic rings. The van der Waals surface area contributed by atoms with Crippen LogP contribution < -0.4 is 10.1 Å². The first-order chi connectivity index (χ1) is 13.2. The van der Waals surface area contributed by atoms with Gasteiger partial charge in [-0.15, -0.1) is 5.10 Å². The molecule has 0 fully saturated rings. The van der Waals surface area contributed by atoms with Crippen molar-refractivity contribution in [2.75, 3.05) is 17.7 Å². The van der Waals surface area contributed by atoms with Crippen molar-refractivity contribution in [3.05, 3.63) is 41.1 Å². The lowest BCUT2D eigenvalue weighted by Gasteiger charge is -2.32. The molecule has 1 aromatic heterocycles. The van der Waals surface area contributed by atoms with Gasteiger partial charge in [0.05, 0.1) is 6.61 Å². The third-order valence-corrected chi connectivity index (χ3v) is 5.52. The number of hydrogen-bond acceptors (Lipinski definition) is 6. The first-order valence-corrected chi connectivity index (χ1v) is 10.6. The predicted molar refractivity (Wildman–Crippen MR) is 106 cm³/mol. The molecule has 4 rings (SSSR count). The summed E-state index contributed by atoms with van der Waals surface area (Å²) < 4.78 is 7.86. The van der Waals surface area contributed by atoms with Crippen molar-refractivity contribution in [3.8, 4) is 5.75 Å². The Kier molecular flexibility index (Phi) is 5.20. The summed E-state index contributed by atoms with van der Waals surface area (Å²) in [6.07, 6.45) is 3.24. The Morgan fingerprint density at radius 3 is 2.96 bits per heavy atom. The second kappa shape index (κ2) is 7.76. The molecule has 27 heavy (non-hydrogen) atoms. The van der Waals surface area contributed by atoms with Gasteiger partial charge in [-0.2, -0.15) is 4.98 Å². The minimum Gasteiger partial charge on any atom is -0.493 e. The maximum atomic E-state index is 12.9. The number of para-hydroxylation sites is 1. The maximum absolute atomic E-state index is 12.9. The van der Waals surface area contributed by atoms with Crippen LogP contribution in [0.5, 0.6) is 5.75 Å². The van der Waals surface area contributed by atoms with E-state index in [1.165, 1.54) is 0 Å². The number of thioether (sulfide) groups is 1. The zero-order valence-corrected chi connectivity index (χ0v) is 16.5. The van der Waals surface area contributed by atoms with Crippen LogP contribution in [0.1, 0.15) is 51.1 Å². The Labute approximate surface area is 163 Å². The summed E-state index contributed by atoms with van der Waals surface area (Å²) in [5.41, 5.74) is 2.75. The average molecular weight is 385 g/mol. The molecule has 2 aromatic rings. The number of benzene rings is 1. The van der Waals surface area contributed by atoms with Crippen LogP contribution >= 0.6 is 11.8 Å². The fourth-order valence-corrected chi connectivity index (χ4v) is 4.22. The molecule has 0 bridgehead atoms. The molecule has 2 heterocycles. The number of carbonyl (C=O) groups is 1. The van der Waals surface area contributed by atoms with Gasteiger partial charge in [0.15, 0.2) is 5.78 Å². The summed E-state index contributed by atoms with van der Waals surface area (Å²) in [7, 11) is 0. The van der Waals surface area contributed by atoms with Crippen molar-refractivity contribution in [3.63, 3.8) is 0 Å². The Balaban J connectivity index is 1.86. The summed E-state index contributed by atoms with van der Waals surface area (Å²) >= 11 is 1.60. The number of ether oxygens (including phenoxy) is 1. The van der Waals surface area contributed by atoms with E-state index in [9.17, 15) is 4.79 Å². The Morgan fingerprint density at radius 2 is 2.15 bits per heavy atom. The largest absolute Gasteiger partial charge is 0.493 e. The lowest BCUT2D eigenvalue weighted by Crippen LogP contribution is -2.31. The molecule has 1 aliphatic heterocycles. The summed E-state index contributed by atoms with van der Waals surface area (Å²) in [5.74, 6) is 2.60. The highest BCUT2D eigenvalue weighted by Gasteiger charge is 2.38. The van der Waals surface area contributed by atoms with Crippen LogP contribution in [0.15, 0.2) is 40.7 Å². The lowest BCUT2D eigenvalue weighted by atomic mass is 9.85. The number of anilines is 1. The van der Waals surface area contributed by atoms with Crippen LogP contribution in [0.2, 0.25) is 0 Å². The van der Waals surface area contributed by atoms with Crippen molar-refractivity contribution in [2.45, 2.75) is 50.7 Å². The van der Waals surface area contributed by atoms with Gasteiger partial charge in [-0.05, 0) is 31.1 Å². The van der Waals surface area contributed by atoms with Gasteiger partial charge in [0.2, 0.25) is 11.1 Å². The van der Waals surface area contributed by atoms with E-state index in [2.05, 4.69) is 24.1 Å². The molecule has 0 spiro atoms. The zero-order chi connectivity index (χ0) is 18.8. The van der Waals surface area contributed by atoms with Gasteiger partial charge >= 0.3 is 0 Å². The maximum Gasteiger partial charge on any atom is 0.227 e. The molecule has 1 unspecified atom stereocenters. The van der Waals surface area contributed by atoms with E-state index < -0.39 is 0 Å². The first-order valence-electron chi connectivity index (χ1n) is 9.57. The zero-order valence-electron chi connectivity index (χ0n) is 15.7. The topological polar surface area (TPSA) is 69.0 Å². The van der Waals surface area contributed by atoms with E-state index in [1.807, 2.05) is 28.9 Å². The van der Waals surface area contributed by atoms with E-state index in [-0.39, 0.29) is 11.8 Å². The highest BCUT2D eigenvalue weighted by molar-refractivity contribution is 7.99. The molecule has 1 atom stereocenters. The van der Waals surface area contributed by atoms with Crippen LogP contribution in [0.25, 0.3) is 0 Å². The minimum absolute atomic E-state index is 0.185. The number of hydrogen-bond donors (Lipinski definition) is 1. The fraction of sp³-hybridized carbons (Fsp3) is 0.450. The third kappa shape index (κ3) is 3.36. The number of Topliss-reactive ketones (excluding diaryl/α,β-unsaturated/α-hetero) is 1. The van der Waals surface area contributed by atoms with Crippen molar-refractivity contribution < 1.29 is 9.53 Å². The van der Waals surface area contributed by atoms with Crippen molar-refractivity contribution in [1.82, 2.24) is 14.8 Å². The molecule has 7 heteroatoms. The van der Waals surface area contributed by atoms with Crippen LogP contribution in [0, 0.1) is 0 Å². The number of nitrogens with one attached hydrogen (secondary N) is 1. The van der Waals surface area contributed by atoms with Gasteiger partial charge < -0.3 is 10.1 Å². The first kappa shape index (κ1) is 18.1. The van der Waals surface area contributed by atoms with Gasteiger partial charge in [0.1, 0.15) is 11.8 Å². The van der Waals surface area contributed by atoms with E-state index in [0.717, 1.165) is 52.8 Å². The number of rotatable bonds is 6. The number of nitrogens with zero attached hydrogens (tertiary/aromatic N) is 3. The lowest BCUT2D eigenvalue weighted by molar-refractivity contribution is -0.116. The Bertz CT molecular complexity index is 890. The van der Waals surface area contributed by atoms with E-state index >= 15 is 0 Å². The number of carbonyl (C=O) groups excluding carboxylic acids is 1. The monoisotopic (exact) mass is 384 g/mol. The van der Waals surface area contributed by atoms with Crippen LogP contribution in [0.3, 0.4) is 0 Å². The third-order valence-electron chi connectivity index (χ3n) is 4.80. The Morgan fingerprint density at radius 1 is 1.30 bits per heavy atom. The summed E-state index contributed by atoms with van der Waals surface area (Å²) in [6, 6.07) is 7.66. The standard InChI is InChI=1S/C20H24N4O2S/c1-3-12-26-16-11-6-5-8-13(16)18-17-14(9-7-10-15(17)25)21-19-22-20(27-4-2)23-24(18)19/h5-6,8,11,18H,3-4,7,9-10,12H2,1-2H3,(H,21,22,23). The quantitative estimate of drug-likeness (QED) is 0.753. The molecule has 0 amide bonds. The van der Waals surface area contributed by atoms with E-state index in [0.29, 0.717) is 19.0 Å². The summed E-state index contributed by atoms with van der Waals surface area (Å²) in [6.45, 7) is 4.81. The summed E-state index contributed by atoms with van der Waals surface area (Å²) in [5, 5.41) is 8.80. The summed E-state index contributed by atoms with van der Waals surface area (Å²) in [4.78, 5) is 17.5. The highest BCUT2D eigenvalue weighted by atomic mass is 32.2. The van der Waals surface area contributed by atoms with Gasteiger partial charge in [0.25, 0.3) is 0 Å². The second-order valence-corrected chi connectivity index (χ2v) is 7.91. The Hall–Kier alpha value is -2.28. The van der Waals surface area contributed by atoms with E-state index in [1.54, 1.807) is 11.8 Å². The van der Waals surface area contributed by atoms with Crippen molar-refractivity contribution in [2.24, 2.45) is 0 Å². The molecular weight excluding hydrogens is 360 g/mol. The normalized spacial score (nSPS) is 18.7. The van der Waals surface area contributed by atoms with Crippen molar-refractivity contribution >= 4 is 23.5 Å². The SMILES string of the molecule is CCCOc1ccccc1C1C2=C(CCCC2=O)Nc2nc(SCC)nn21. The molecule has 6 nitrogen and oxygen atoms in total. The number of allylic oxidation sites excluding steroid dienone is 2. The number of fused-ring (bicyclic) bond motifs is 1. The van der Waals surface area contributed by atoms with Crippen molar-refractivity contribution in [1.29, 1.82) is 0 Å². The number of ketones is 1. The minimum atomic E-state index is -0.296. The van der Waals surface area contributed by atoms with Gasteiger partial charge in [-0.3, -0.25) is 4.79 Å². The average Bonchev–Trinajstić information content (AvgIpc) is 3.07. The molecular formula is C20H24N4O2S. The number of aromatic nitrogens is 3. The second-order valence-electron chi connectivity index (χ2n) is 6.68. The molecule has 0 saturated carbocycles. The molecule has 1 aliphatic carbocycles. The molecule has 0 saturated heterocycles. The van der Waals surface area contributed by atoms with Crippen LogP contribution in [-0.4, -0.2) is 32.9 Å². The predicted octanol–water partition coefficient (Wildman–Crippen LogP) is 4.20. The fourth-order valence-electron chi connectivity index (χ4n) is 3.66. The van der Waals surface area contributed by atoms with Gasteiger partial charge in [-0.25, -0.2) is 4.68 Å². The molecule has 0 radical (unpaired) electrons. The molecule has 142 valence electrons. The highest BCUT2D eigenvalue weighted by Crippen LogP contribution is 2.43. The van der Waals surface area contributed by atoms with E-state index in [4.69, 9.17) is 9.84 Å². The van der Waals surface area contributed by atoms with Crippen LogP contribution in [-0.2, 0) is 4.79 Å². The van der Waals surface area contributed by atoms with Crippen LogP contribution in [0.4, 0.5) is 5.95 Å². The molecule has 1 N–H and O–H groups in total. The molecule has 1 aromatic carbocycles. The smallest absolute Gasteiger partial charge is 0.227 e. The van der Waals surface area contributed by atoms with Gasteiger partial charge in [-0.1, -0.05) is 43.8 Å². The van der Waals surface area contributed by atoms with Gasteiger partial charge in [0, 0.05) is 23.3 Å².